The van der Waals surface area contributed by atoms with E-state index < -0.39 is 11.9 Å². The molecule has 1 nitrogen and oxygen atoms in total. The molecular formula is C14H11ClFIO. The zero-order valence-electron chi connectivity index (χ0n) is 9.41. The third-order valence-electron chi connectivity index (χ3n) is 2.66. The normalized spacial score (nSPS) is 12.4. The minimum absolute atomic E-state index is 0.257. The minimum atomic E-state index is -0.724. The minimum Gasteiger partial charge on any atom is -0.388 e. The van der Waals surface area contributed by atoms with Gasteiger partial charge in [-0.25, -0.2) is 4.39 Å². The maximum absolute atomic E-state index is 12.9. The summed E-state index contributed by atoms with van der Waals surface area (Å²) in [6.07, 6.45) is -0.263. The van der Waals surface area contributed by atoms with Gasteiger partial charge in [0.2, 0.25) is 0 Å². The molecule has 0 aliphatic rings. The summed E-state index contributed by atoms with van der Waals surface area (Å²) in [4.78, 5) is 0. The molecule has 1 atom stereocenters. The van der Waals surface area contributed by atoms with Gasteiger partial charge in [0, 0.05) is 15.0 Å². The van der Waals surface area contributed by atoms with Gasteiger partial charge in [0.15, 0.2) is 0 Å². The van der Waals surface area contributed by atoms with E-state index in [1.54, 1.807) is 0 Å². The van der Waals surface area contributed by atoms with Gasteiger partial charge in [-0.15, -0.1) is 0 Å². The molecule has 0 spiro atoms. The lowest BCUT2D eigenvalue weighted by Gasteiger charge is -2.13. The molecule has 0 amide bonds. The smallest absolute Gasteiger partial charge is 0.124 e. The Kier molecular flexibility index (Phi) is 4.59. The van der Waals surface area contributed by atoms with E-state index in [1.807, 2.05) is 24.3 Å². The van der Waals surface area contributed by atoms with Crippen molar-refractivity contribution in [3.05, 3.63) is 68.0 Å². The first-order chi connectivity index (χ1) is 8.56. The molecule has 0 saturated carbocycles. The summed E-state index contributed by atoms with van der Waals surface area (Å²) in [5.74, 6) is -0.398. The molecule has 0 fully saturated rings. The first-order valence-corrected chi connectivity index (χ1v) is 6.89. The fraction of sp³-hybridized carbons (Fsp3) is 0.143. The van der Waals surface area contributed by atoms with Crippen LogP contribution in [0.2, 0.25) is 5.02 Å². The predicted molar refractivity (Wildman–Crippen MR) is 79.2 cm³/mol. The van der Waals surface area contributed by atoms with Crippen molar-refractivity contribution in [1.82, 2.24) is 0 Å². The van der Waals surface area contributed by atoms with E-state index in [4.69, 9.17) is 11.6 Å². The lowest BCUT2D eigenvalue weighted by molar-refractivity contribution is 0.178. The molecule has 0 aliphatic heterocycles. The van der Waals surface area contributed by atoms with Crippen LogP contribution < -0.4 is 0 Å². The highest BCUT2D eigenvalue weighted by Crippen LogP contribution is 2.26. The summed E-state index contributed by atoms with van der Waals surface area (Å²) in [5.41, 5.74) is 1.57. The monoisotopic (exact) mass is 376 g/mol. The molecule has 2 rings (SSSR count). The van der Waals surface area contributed by atoms with E-state index in [0.717, 1.165) is 9.13 Å². The summed E-state index contributed by atoms with van der Waals surface area (Å²) >= 11 is 8.14. The Morgan fingerprint density at radius 2 is 1.83 bits per heavy atom. The molecule has 0 heterocycles. The van der Waals surface area contributed by atoms with Gasteiger partial charge in [-0.1, -0.05) is 29.8 Å². The highest BCUT2D eigenvalue weighted by atomic mass is 127. The van der Waals surface area contributed by atoms with E-state index in [-0.39, 0.29) is 5.02 Å². The van der Waals surface area contributed by atoms with Crippen LogP contribution in [-0.2, 0) is 6.42 Å². The van der Waals surface area contributed by atoms with Gasteiger partial charge in [-0.05, 0) is 58.0 Å². The number of benzene rings is 2. The van der Waals surface area contributed by atoms with Crippen LogP contribution in [-0.4, -0.2) is 5.11 Å². The van der Waals surface area contributed by atoms with Crippen molar-refractivity contribution in [2.75, 3.05) is 0 Å². The maximum atomic E-state index is 12.9. The van der Waals surface area contributed by atoms with E-state index in [2.05, 4.69) is 22.6 Å². The fourth-order valence-corrected chi connectivity index (χ4v) is 2.38. The van der Waals surface area contributed by atoms with Gasteiger partial charge in [0.25, 0.3) is 0 Å². The number of aliphatic hydroxyl groups excluding tert-OH is 1. The molecule has 94 valence electrons. The molecule has 0 bridgehead atoms. The van der Waals surface area contributed by atoms with Gasteiger partial charge < -0.3 is 5.11 Å². The third kappa shape index (κ3) is 3.43. The number of rotatable bonds is 3. The summed E-state index contributed by atoms with van der Waals surface area (Å²) in [7, 11) is 0. The molecule has 2 aromatic rings. The molecule has 0 radical (unpaired) electrons. The van der Waals surface area contributed by atoms with Crippen LogP contribution in [0.4, 0.5) is 4.39 Å². The fourth-order valence-electron chi connectivity index (χ4n) is 1.73. The van der Waals surface area contributed by atoms with Crippen LogP contribution in [0.5, 0.6) is 0 Å². The first kappa shape index (κ1) is 13.8. The molecule has 0 saturated heterocycles. The topological polar surface area (TPSA) is 20.2 Å². The lowest BCUT2D eigenvalue weighted by atomic mass is 10.0. The zero-order valence-corrected chi connectivity index (χ0v) is 12.3. The van der Waals surface area contributed by atoms with Crippen molar-refractivity contribution in [3.63, 3.8) is 0 Å². The molecule has 1 unspecified atom stereocenters. The molecule has 18 heavy (non-hydrogen) atoms. The van der Waals surface area contributed by atoms with Crippen molar-refractivity contribution in [3.8, 4) is 0 Å². The van der Waals surface area contributed by atoms with Gasteiger partial charge in [-0.3, -0.25) is 0 Å². The molecule has 1 N–H and O–H groups in total. The van der Waals surface area contributed by atoms with Crippen molar-refractivity contribution in [2.45, 2.75) is 12.5 Å². The Morgan fingerprint density at radius 1 is 1.17 bits per heavy atom. The average Bonchev–Trinajstić information content (AvgIpc) is 2.32. The largest absolute Gasteiger partial charge is 0.388 e. The van der Waals surface area contributed by atoms with Crippen molar-refractivity contribution in [1.29, 1.82) is 0 Å². The average molecular weight is 377 g/mol. The zero-order chi connectivity index (χ0) is 13.1. The van der Waals surface area contributed by atoms with E-state index >= 15 is 0 Å². The molecule has 4 heteroatoms. The van der Waals surface area contributed by atoms with Crippen LogP contribution >= 0.6 is 34.2 Å². The van der Waals surface area contributed by atoms with Crippen LogP contribution in [0.25, 0.3) is 0 Å². The Bertz CT molecular complexity index is 542. The van der Waals surface area contributed by atoms with Crippen molar-refractivity contribution in [2.24, 2.45) is 0 Å². The highest BCUT2D eigenvalue weighted by Gasteiger charge is 2.12. The Morgan fingerprint density at radius 3 is 2.44 bits per heavy atom. The van der Waals surface area contributed by atoms with Gasteiger partial charge >= 0.3 is 0 Å². The lowest BCUT2D eigenvalue weighted by Crippen LogP contribution is -2.03. The van der Waals surface area contributed by atoms with Crippen LogP contribution in [0, 0.1) is 9.39 Å². The summed E-state index contributed by atoms with van der Waals surface area (Å²) in [6, 6.07) is 11.9. The molecule has 2 aromatic carbocycles. The van der Waals surface area contributed by atoms with Crippen LogP contribution in [0.3, 0.4) is 0 Å². The maximum Gasteiger partial charge on any atom is 0.124 e. The van der Waals surface area contributed by atoms with Gasteiger partial charge in [0.1, 0.15) is 5.82 Å². The standard InChI is InChI=1S/C14H11ClFIO/c15-13-8-10(16)3-6-12(13)14(18)7-9-1-4-11(17)5-2-9/h1-6,8,14,18H,7H2. The third-order valence-corrected chi connectivity index (χ3v) is 3.71. The van der Waals surface area contributed by atoms with Crippen molar-refractivity contribution < 1.29 is 9.50 Å². The van der Waals surface area contributed by atoms with Crippen LogP contribution in [0.1, 0.15) is 17.2 Å². The van der Waals surface area contributed by atoms with Gasteiger partial charge in [0.05, 0.1) is 6.10 Å². The second-order valence-corrected chi connectivity index (χ2v) is 5.67. The van der Waals surface area contributed by atoms with E-state index in [9.17, 15) is 9.50 Å². The Balaban J connectivity index is 2.16. The second kappa shape index (κ2) is 5.99. The number of hydrogen-bond donors (Lipinski definition) is 1. The SMILES string of the molecule is OC(Cc1ccc(I)cc1)c1ccc(F)cc1Cl. The quantitative estimate of drug-likeness (QED) is 0.789. The number of hydrogen-bond acceptors (Lipinski definition) is 1. The van der Waals surface area contributed by atoms with Crippen molar-refractivity contribution >= 4 is 34.2 Å². The molecule has 0 aliphatic carbocycles. The summed E-state index contributed by atoms with van der Waals surface area (Å²) in [6.45, 7) is 0. The summed E-state index contributed by atoms with van der Waals surface area (Å²) < 4.78 is 14.1. The van der Waals surface area contributed by atoms with Crippen LogP contribution in [0.15, 0.2) is 42.5 Å². The van der Waals surface area contributed by atoms with E-state index in [1.165, 1.54) is 18.2 Å². The number of halogens is 3. The second-order valence-electron chi connectivity index (χ2n) is 4.01. The van der Waals surface area contributed by atoms with Gasteiger partial charge in [-0.2, -0.15) is 0 Å². The predicted octanol–water partition coefficient (Wildman–Crippen LogP) is 4.36. The highest BCUT2D eigenvalue weighted by molar-refractivity contribution is 14.1. The number of aliphatic hydroxyl groups is 1. The summed E-state index contributed by atoms with van der Waals surface area (Å²) in [5, 5.41) is 10.4. The molecular weight excluding hydrogens is 366 g/mol. The Hall–Kier alpha value is -0.650. The van der Waals surface area contributed by atoms with E-state index in [0.29, 0.717) is 12.0 Å². The Labute approximate surface area is 124 Å². The first-order valence-electron chi connectivity index (χ1n) is 5.44. The molecule has 0 aromatic heterocycles.